The molecule has 0 bridgehead atoms. The van der Waals surface area contributed by atoms with Crippen LogP contribution < -0.4 is 0 Å². The van der Waals surface area contributed by atoms with Gasteiger partial charge in [0.15, 0.2) is 0 Å². The molecule has 0 saturated carbocycles. The number of carbonyl (C=O) groups excluding carboxylic acids is 1. The van der Waals surface area contributed by atoms with Crippen molar-refractivity contribution in [3.8, 4) is 0 Å². The molecule has 0 fully saturated rings. The highest BCUT2D eigenvalue weighted by Crippen LogP contribution is 2.26. The number of amides is 1. The summed E-state index contributed by atoms with van der Waals surface area (Å²) in [6.07, 6.45) is 13.5. The SMILES string of the molecule is C=C/C=C(\C=C/C)C1=NN(C(C)=O)C(/C(C=C)=C/C=C)C1. The van der Waals surface area contributed by atoms with Crippen LogP contribution >= 0.6 is 0 Å². The van der Waals surface area contributed by atoms with E-state index in [9.17, 15) is 4.79 Å². The van der Waals surface area contributed by atoms with Crippen molar-refractivity contribution in [1.82, 2.24) is 5.01 Å². The van der Waals surface area contributed by atoms with Crippen molar-refractivity contribution >= 4 is 11.6 Å². The van der Waals surface area contributed by atoms with Gasteiger partial charge >= 0.3 is 0 Å². The number of hydrazone groups is 1. The molecule has 1 unspecified atom stereocenters. The Bertz CT molecular complexity index is 562. The van der Waals surface area contributed by atoms with Gasteiger partial charge in [-0.3, -0.25) is 4.79 Å². The Morgan fingerprint density at radius 1 is 1.29 bits per heavy atom. The summed E-state index contributed by atoms with van der Waals surface area (Å²) >= 11 is 0. The maximum absolute atomic E-state index is 11.8. The minimum absolute atomic E-state index is 0.0924. The first-order chi connectivity index (χ1) is 10.1. The zero-order valence-corrected chi connectivity index (χ0v) is 12.7. The zero-order chi connectivity index (χ0) is 15.8. The molecule has 0 saturated heterocycles. The largest absolute Gasteiger partial charge is 0.273 e. The number of allylic oxidation sites excluding steroid dienone is 7. The summed E-state index contributed by atoms with van der Waals surface area (Å²) in [4.78, 5) is 11.8. The second-order valence-corrected chi connectivity index (χ2v) is 4.59. The average Bonchev–Trinajstić information content (AvgIpc) is 2.89. The van der Waals surface area contributed by atoms with Gasteiger partial charge < -0.3 is 0 Å². The van der Waals surface area contributed by atoms with Crippen LogP contribution in [0, 0.1) is 0 Å². The van der Waals surface area contributed by atoms with Crippen LogP contribution in [0.4, 0.5) is 0 Å². The van der Waals surface area contributed by atoms with Crippen molar-refractivity contribution in [2.24, 2.45) is 5.10 Å². The minimum Gasteiger partial charge on any atom is -0.273 e. The fourth-order valence-corrected chi connectivity index (χ4v) is 2.24. The Kier molecular flexibility index (Phi) is 6.34. The molecular weight excluding hydrogens is 260 g/mol. The van der Waals surface area contributed by atoms with Gasteiger partial charge in [0, 0.05) is 13.3 Å². The highest BCUT2D eigenvalue weighted by Gasteiger charge is 2.31. The van der Waals surface area contributed by atoms with Gasteiger partial charge in [-0.2, -0.15) is 5.10 Å². The maximum Gasteiger partial charge on any atom is 0.240 e. The smallest absolute Gasteiger partial charge is 0.240 e. The molecule has 0 aromatic rings. The van der Waals surface area contributed by atoms with Crippen molar-refractivity contribution in [3.05, 3.63) is 73.4 Å². The van der Waals surface area contributed by atoms with Crippen LogP contribution in [0.25, 0.3) is 0 Å². The third kappa shape index (κ3) is 4.02. The number of nitrogens with zero attached hydrogens (tertiary/aromatic N) is 2. The van der Waals surface area contributed by atoms with Crippen LogP contribution in [0.1, 0.15) is 20.3 Å². The Hall–Kier alpha value is -2.42. The van der Waals surface area contributed by atoms with E-state index in [1.165, 1.54) is 11.9 Å². The molecule has 0 radical (unpaired) electrons. The molecule has 1 atom stereocenters. The van der Waals surface area contributed by atoms with E-state index >= 15 is 0 Å². The Balaban J connectivity index is 3.21. The maximum atomic E-state index is 11.8. The van der Waals surface area contributed by atoms with Crippen LogP contribution in [0.2, 0.25) is 0 Å². The fraction of sp³-hybridized carbons (Fsp3) is 0.222. The average molecular weight is 282 g/mol. The summed E-state index contributed by atoms with van der Waals surface area (Å²) in [6, 6.07) is -0.133. The van der Waals surface area contributed by atoms with E-state index in [0.717, 1.165) is 16.9 Å². The predicted molar refractivity (Wildman–Crippen MR) is 89.9 cm³/mol. The second kappa shape index (κ2) is 8.00. The molecule has 1 rings (SSSR count). The van der Waals surface area contributed by atoms with Gasteiger partial charge in [-0.05, 0) is 18.1 Å². The number of carbonyl (C=O) groups is 1. The molecule has 3 nitrogen and oxygen atoms in total. The second-order valence-electron chi connectivity index (χ2n) is 4.59. The molecule has 0 N–H and O–H groups in total. The van der Waals surface area contributed by atoms with Crippen molar-refractivity contribution in [2.75, 3.05) is 0 Å². The molecule has 0 aromatic heterocycles. The molecule has 1 aliphatic heterocycles. The van der Waals surface area contributed by atoms with Crippen LogP contribution in [-0.4, -0.2) is 22.7 Å². The quantitative estimate of drug-likeness (QED) is 0.679. The van der Waals surface area contributed by atoms with E-state index in [2.05, 4.69) is 24.8 Å². The zero-order valence-electron chi connectivity index (χ0n) is 12.7. The van der Waals surface area contributed by atoms with Crippen molar-refractivity contribution in [3.63, 3.8) is 0 Å². The van der Waals surface area contributed by atoms with Crippen molar-refractivity contribution < 1.29 is 4.79 Å². The van der Waals surface area contributed by atoms with E-state index in [4.69, 9.17) is 0 Å². The molecule has 0 spiro atoms. The standard InChI is InChI=1S/C18H22N2O/c1-6-10-15(9-4)18-13-17(19-20(18)14(5)21)16(11-7-2)12-8-3/h6-12,18H,1-2,4,13H2,3,5H3/b12-8-,15-10+,16-11+. The lowest BCUT2D eigenvalue weighted by Gasteiger charge is -2.20. The topological polar surface area (TPSA) is 32.7 Å². The Morgan fingerprint density at radius 3 is 2.43 bits per heavy atom. The lowest BCUT2D eigenvalue weighted by Crippen LogP contribution is -2.31. The van der Waals surface area contributed by atoms with Crippen molar-refractivity contribution in [1.29, 1.82) is 0 Å². The van der Waals surface area contributed by atoms with Gasteiger partial charge in [-0.15, -0.1) is 0 Å². The van der Waals surface area contributed by atoms with Gasteiger partial charge in [0.05, 0.1) is 11.8 Å². The summed E-state index contributed by atoms with van der Waals surface area (Å²) in [5.41, 5.74) is 2.76. The first kappa shape index (κ1) is 16.6. The molecule has 0 aromatic carbocycles. The number of hydrogen-bond acceptors (Lipinski definition) is 2. The summed E-state index contributed by atoms with van der Waals surface area (Å²) in [7, 11) is 0. The lowest BCUT2D eigenvalue weighted by atomic mass is 9.97. The first-order valence-electron chi connectivity index (χ1n) is 6.87. The Labute approximate surface area is 127 Å². The number of rotatable bonds is 6. The van der Waals surface area contributed by atoms with Crippen LogP contribution in [0.15, 0.2) is 78.5 Å². The van der Waals surface area contributed by atoms with Crippen molar-refractivity contribution in [2.45, 2.75) is 26.3 Å². The van der Waals surface area contributed by atoms with E-state index in [0.29, 0.717) is 6.42 Å². The molecule has 0 aliphatic carbocycles. The van der Waals surface area contributed by atoms with Crippen LogP contribution in [0.3, 0.4) is 0 Å². The molecule has 1 heterocycles. The van der Waals surface area contributed by atoms with Gasteiger partial charge in [-0.1, -0.05) is 62.3 Å². The summed E-state index contributed by atoms with van der Waals surface area (Å²) in [5, 5.41) is 5.97. The highest BCUT2D eigenvalue weighted by molar-refractivity contribution is 6.05. The Morgan fingerprint density at radius 2 is 1.95 bits per heavy atom. The summed E-state index contributed by atoms with van der Waals surface area (Å²) < 4.78 is 0. The molecule has 1 aliphatic rings. The summed E-state index contributed by atoms with van der Waals surface area (Å²) in [5.74, 6) is -0.0924. The first-order valence-corrected chi connectivity index (χ1v) is 6.87. The van der Waals surface area contributed by atoms with E-state index in [1.807, 2.05) is 31.2 Å². The van der Waals surface area contributed by atoms with Gasteiger partial charge in [0.1, 0.15) is 0 Å². The third-order valence-corrected chi connectivity index (χ3v) is 3.14. The molecule has 3 heteroatoms. The van der Waals surface area contributed by atoms with Gasteiger partial charge in [0.25, 0.3) is 0 Å². The van der Waals surface area contributed by atoms with Crippen LogP contribution in [0.5, 0.6) is 0 Å². The minimum atomic E-state index is -0.133. The third-order valence-electron chi connectivity index (χ3n) is 3.14. The van der Waals surface area contributed by atoms with Crippen LogP contribution in [-0.2, 0) is 4.79 Å². The van der Waals surface area contributed by atoms with Gasteiger partial charge in [0.2, 0.25) is 5.91 Å². The molecule has 21 heavy (non-hydrogen) atoms. The van der Waals surface area contributed by atoms with E-state index in [-0.39, 0.29) is 11.9 Å². The molecule has 1 amide bonds. The van der Waals surface area contributed by atoms with E-state index in [1.54, 1.807) is 18.2 Å². The highest BCUT2D eigenvalue weighted by atomic mass is 16.2. The molecule has 110 valence electrons. The lowest BCUT2D eigenvalue weighted by molar-refractivity contribution is -0.129. The normalized spacial score (nSPS) is 19.6. The van der Waals surface area contributed by atoms with Gasteiger partial charge in [-0.25, -0.2) is 5.01 Å². The van der Waals surface area contributed by atoms with E-state index < -0.39 is 0 Å². The fourth-order valence-electron chi connectivity index (χ4n) is 2.24. The number of hydrogen-bond donors (Lipinski definition) is 0. The molecular formula is C18H22N2O. The monoisotopic (exact) mass is 282 g/mol. The predicted octanol–water partition coefficient (Wildman–Crippen LogP) is 3.95. The summed E-state index contributed by atoms with van der Waals surface area (Å²) in [6.45, 7) is 14.7.